The van der Waals surface area contributed by atoms with Crippen molar-refractivity contribution in [2.24, 2.45) is 0 Å². The Morgan fingerprint density at radius 3 is 2.41 bits per heavy atom. The largest absolute Gasteiger partial charge is 0.399 e. The summed E-state index contributed by atoms with van der Waals surface area (Å²) in [5, 5.41) is 28.6. The third kappa shape index (κ3) is 2.91. The molecule has 1 aliphatic heterocycles. The second-order valence-electron chi connectivity index (χ2n) is 3.94. The Morgan fingerprint density at radius 1 is 1.12 bits per heavy atom. The molecule has 17 heavy (non-hydrogen) atoms. The van der Waals surface area contributed by atoms with Crippen LogP contribution in [0.4, 0.5) is 5.69 Å². The lowest BCUT2D eigenvalue weighted by molar-refractivity contribution is -0.161. The van der Waals surface area contributed by atoms with Gasteiger partial charge in [-0.15, -0.1) is 0 Å². The molecule has 1 fully saturated rings. The van der Waals surface area contributed by atoms with Gasteiger partial charge < -0.3 is 25.8 Å². The normalized spacial score (nSPS) is 33.6. The zero-order valence-corrected chi connectivity index (χ0v) is 9.88. The maximum Gasteiger partial charge on any atom is 0.136 e. The smallest absolute Gasteiger partial charge is 0.136 e. The summed E-state index contributed by atoms with van der Waals surface area (Å²) >= 11 is 1.29. The summed E-state index contributed by atoms with van der Waals surface area (Å²) < 4.78 is 5.28. The number of aliphatic hydroxyl groups excluding tert-OH is 3. The number of ether oxygens (including phenoxy) is 1. The molecule has 5 N–H and O–H groups in total. The molecule has 1 aromatic carbocycles. The molecule has 1 heterocycles. The van der Waals surface area contributed by atoms with E-state index in [4.69, 9.17) is 10.5 Å². The fraction of sp³-hybridized carbons (Fsp3) is 0.455. The third-order valence-corrected chi connectivity index (χ3v) is 3.78. The van der Waals surface area contributed by atoms with Gasteiger partial charge in [0.2, 0.25) is 0 Å². The highest BCUT2D eigenvalue weighted by molar-refractivity contribution is 7.99. The number of nitrogens with two attached hydrogens (primary N) is 1. The molecule has 0 radical (unpaired) electrons. The van der Waals surface area contributed by atoms with Crippen LogP contribution in [0.1, 0.15) is 0 Å². The van der Waals surface area contributed by atoms with Gasteiger partial charge in [-0.2, -0.15) is 0 Å². The monoisotopic (exact) mass is 257 g/mol. The van der Waals surface area contributed by atoms with Crippen LogP contribution in [0.5, 0.6) is 0 Å². The van der Waals surface area contributed by atoms with Crippen LogP contribution >= 0.6 is 11.8 Å². The molecule has 0 aliphatic carbocycles. The molecule has 2 rings (SSSR count). The molecule has 0 spiro atoms. The average Bonchev–Trinajstić information content (AvgIpc) is 2.33. The number of benzene rings is 1. The minimum Gasteiger partial charge on any atom is -0.399 e. The van der Waals surface area contributed by atoms with Crippen molar-refractivity contribution in [2.45, 2.75) is 28.6 Å². The second-order valence-corrected chi connectivity index (χ2v) is 5.11. The highest BCUT2D eigenvalue weighted by Gasteiger charge is 2.37. The van der Waals surface area contributed by atoms with E-state index in [-0.39, 0.29) is 6.61 Å². The molecule has 4 atom stereocenters. The molecule has 0 amide bonds. The van der Waals surface area contributed by atoms with Crippen LogP contribution in [0, 0.1) is 0 Å². The molecule has 0 saturated carbocycles. The van der Waals surface area contributed by atoms with E-state index in [9.17, 15) is 15.3 Å². The predicted octanol–water partition coefficient (Wildman–Crippen LogP) is -0.200. The van der Waals surface area contributed by atoms with E-state index in [0.717, 1.165) is 4.90 Å². The van der Waals surface area contributed by atoms with Crippen molar-refractivity contribution in [3.05, 3.63) is 24.3 Å². The average molecular weight is 257 g/mol. The molecule has 5 nitrogen and oxygen atoms in total. The molecule has 0 bridgehead atoms. The van der Waals surface area contributed by atoms with Crippen LogP contribution < -0.4 is 5.73 Å². The zero-order chi connectivity index (χ0) is 12.4. The summed E-state index contributed by atoms with van der Waals surface area (Å²) in [5.74, 6) is 0. The second kappa shape index (κ2) is 5.24. The number of anilines is 1. The lowest BCUT2D eigenvalue weighted by Crippen LogP contribution is -2.51. The number of rotatable bonds is 2. The van der Waals surface area contributed by atoms with Crippen molar-refractivity contribution in [3.8, 4) is 0 Å². The van der Waals surface area contributed by atoms with Crippen molar-refractivity contribution < 1.29 is 20.1 Å². The van der Waals surface area contributed by atoms with Gasteiger partial charge >= 0.3 is 0 Å². The van der Waals surface area contributed by atoms with Crippen LogP contribution in [0.25, 0.3) is 0 Å². The SMILES string of the molecule is Nc1ccc(S[C@@H]2OC[C@@H](O)[C@H](O)[C@H]2O)cc1. The fourth-order valence-electron chi connectivity index (χ4n) is 1.56. The molecule has 0 unspecified atom stereocenters. The lowest BCUT2D eigenvalue weighted by Gasteiger charge is -2.34. The Labute approximate surface area is 103 Å². The van der Waals surface area contributed by atoms with Crippen LogP contribution in [0.2, 0.25) is 0 Å². The minimum absolute atomic E-state index is 0.0187. The quantitative estimate of drug-likeness (QED) is 0.548. The van der Waals surface area contributed by atoms with Gasteiger partial charge in [0.1, 0.15) is 23.7 Å². The Bertz CT molecular complexity index is 372. The first-order chi connectivity index (χ1) is 8.08. The molecule has 0 aromatic heterocycles. The third-order valence-electron chi connectivity index (χ3n) is 2.59. The summed E-state index contributed by atoms with van der Waals surface area (Å²) in [6.07, 6.45) is -3.32. The zero-order valence-electron chi connectivity index (χ0n) is 9.06. The van der Waals surface area contributed by atoms with E-state index in [1.165, 1.54) is 11.8 Å². The van der Waals surface area contributed by atoms with E-state index in [0.29, 0.717) is 5.69 Å². The van der Waals surface area contributed by atoms with Gasteiger partial charge in [-0.1, -0.05) is 11.8 Å². The summed E-state index contributed by atoms with van der Waals surface area (Å²) in [7, 11) is 0. The lowest BCUT2D eigenvalue weighted by atomic mass is 10.1. The summed E-state index contributed by atoms with van der Waals surface area (Å²) in [6, 6.07) is 7.13. The van der Waals surface area contributed by atoms with E-state index in [1.54, 1.807) is 12.1 Å². The highest BCUT2D eigenvalue weighted by atomic mass is 32.2. The van der Waals surface area contributed by atoms with Gasteiger partial charge in [0.25, 0.3) is 0 Å². The van der Waals surface area contributed by atoms with Gasteiger partial charge in [-0.05, 0) is 24.3 Å². The summed E-state index contributed by atoms with van der Waals surface area (Å²) in [6.45, 7) is 0.0187. The first kappa shape index (κ1) is 12.7. The summed E-state index contributed by atoms with van der Waals surface area (Å²) in [5.41, 5.74) is 5.64. The first-order valence-corrected chi connectivity index (χ1v) is 6.14. The van der Waals surface area contributed by atoms with Crippen LogP contribution in [0.3, 0.4) is 0 Å². The Kier molecular flexibility index (Phi) is 3.90. The van der Waals surface area contributed by atoms with Crippen LogP contribution in [-0.4, -0.2) is 45.7 Å². The Hall–Kier alpha value is -0.790. The van der Waals surface area contributed by atoms with E-state index >= 15 is 0 Å². The standard InChI is InChI=1S/C11H15NO4S/c12-6-1-3-7(4-2-6)17-11-10(15)9(14)8(13)5-16-11/h1-4,8-11,13-15H,5,12H2/t8-,9+,10-,11+/m1/s1. The highest BCUT2D eigenvalue weighted by Crippen LogP contribution is 2.31. The topological polar surface area (TPSA) is 95.9 Å². The molecule has 94 valence electrons. The number of nitrogen functional groups attached to an aromatic ring is 1. The van der Waals surface area contributed by atoms with Gasteiger partial charge in [-0.25, -0.2) is 0 Å². The van der Waals surface area contributed by atoms with Gasteiger partial charge in [0.15, 0.2) is 0 Å². The van der Waals surface area contributed by atoms with Crippen LogP contribution in [-0.2, 0) is 4.74 Å². The fourth-order valence-corrected chi connectivity index (χ4v) is 2.57. The Balaban J connectivity index is 2.01. The van der Waals surface area contributed by atoms with Crippen molar-refractivity contribution in [3.63, 3.8) is 0 Å². The van der Waals surface area contributed by atoms with Crippen molar-refractivity contribution in [1.82, 2.24) is 0 Å². The van der Waals surface area contributed by atoms with Crippen molar-refractivity contribution in [1.29, 1.82) is 0 Å². The van der Waals surface area contributed by atoms with E-state index < -0.39 is 23.7 Å². The number of aliphatic hydroxyl groups is 3. The van der Waals surface area contributed by atoms with E-state index in [1.807, 2.05) is 12.1 Å². The molecule has 6 heteroatoms. The molecule has 1 aliphatic rings. The summed E-state index contributed by atoms with van der Waals surface area (Å²) in [4.78, 5) is 0.881. The Morgan fingerprint density at radius 2 is 1.76 bits per heavy atom. The van der Waals surface area contributed by atoms with Gasteiger partial charge in [0.05, 0.1) is 6.61 Å². The van der Waals surface area contributed by atoms with Crippen LogP contribution in [0.15, 0.2) is 29.2 Å². The molecule has 1 aromatic rings. The minimum atomic E-state index is -1.17. The number of hydrogen-bond donors (Lipinski definition) is 4. The van der Waals surface area contributed by atoms with Crippen molar-refractivity contribution >= 4 is 17.4 Å². The maximum atomic E-state index is 9.74. The molecular weight excluding hydrogens is 242 g/mol. The van der Waals surface area contributed by atoms with Gasteiger partial charge in [-0.3, -0.25) is 0 Å². The first-order valence-electron chi connectivity index (χ1n) is 5.26. The number of hydrogen-bond acceptors (Lipinski definition) is 6. The molecular formula is C11H15NO4S. The predicted molar refractivity (Wildman–Crippen MR) is 64.5 cm³/mol. The maximum absolute atomic E-state index is 9.74. The number of thioether (sulfide) groups is 1. The van der Waals surface area contributed by atoms with Gasteiger partial charge in [0, 0.05) is 10.6 Å². The van der Waals surface area contributed by atoms with E-state index in [2.05, 4.69) is 0 Å². The van der Waals surface area contributed by atoms with Crippen molar-refractivity contribution in [2.75, 3.05) is 12.3 Å². The molecule has 1 saturated heterocycles.